The minimum absolute atomic E-state index is 0.117. The second kappa shape index (κ2) is 7.49. The van der Waals surface area contributed by atoms with Crippen molar-refractivity contribution in [3.05, 3.63) is 60.2 Å². The highest BCUT2D eigenvalue weighted by molar-refractivity contribution is 8.15. The lowest BCUT2D eigenvalue weighted by Crippen LogP contribution is -2.33. The highest BCUT2D eigenvalue weighted by Gasteiger charge is 2.32. The lowest BCUT2D eigenvalue weighted by Gasteiger charge is -2.22. The van der Waals surface area contributed by atoms with Gasteiger partial charge in [-0.1, -0.05) is 42.1 Å². The molecule has 1 heterocycles. The highest BCUT2D eigenvalue weighted by Crippen LogP contribution is 2.34. The summed E-state index contributed by atoms with van der Waals surface area (Å²) in [6.45, 7) is 2.91. The van der Waals surface area contributed by atoms with Gasteiger partial charge in [-0.15, -0.1) is 0 Å². The summed E-state index contributed by atoms with van der Waals surface area (Å²) in [6, 6.07) is 16.4. The van der Waals surface area contributed by atoms with Crippen LogP contribution in [-0.4, -0.2) is 38.1 Å². The van der Waals surface area contributed by atoms with Gasteiger partial charge in [0.25, 0.3) is 10.0 Å². The van der Waals surface area contributed by atoms with Gasteiger partial charge >= 0.3 is 0 Å². The Bertz CT molecular complexity index is 850. The van der Waals surface area contributed by atoms with Crippen LogP contribution in [-0.2, 0) is 10.0 Å². The third-order valence-electron chi connectivity index (χ3n) is 3.96. The van der Waals surface area contributed by atoms with E-state index < -0.39 is 10.0 Å². The van der Waals surface area contributed by atoms with E-state index in [4.69, 9.17) is 4.74 Å². The number of sulfonamides is 1. The fourth-order valence-electron chi connectivity index (χ4n) is 2.56. The van der Waals surface area contributed by atoms with Gasteiger partial charge in [-0.25, -0.2) is 12.7 Å². The first-order valence-electron chi connectivity index (χ1n) is 7.95. The normalized spacial score (nSPS) is 15.8. The van der Waals surface area contributed by atoms with Crippen LogP contribution in [0.4, 0.5) is 0 Å². The molecule has 7 heteroatoms. The van der Waals surface area contributed by atoms with Crippen LogP contribution in [0.25, 0.3) is 0 Å². The molecule has 0 radical (unpaired) electrons. The van der Waals surface area contributed by atoms with E-state index in [0.29, 0.717) is 24.0 Å². The number of aliphatic imine (C=N–C) groups is 1. The summed E-state index contributed by atoms with van der Waals surface area (Å²) in [6.07, 6.45) is 0. The van der Waals surface area contributed by atoms with Gasteiger partial charge in [0, 0.05) is 5.25 Å². The Kier molecular flexibility index (Phi) is 5.34. The van der Waals surface area contributed by atoms with Gasteiger partial charge in [-0.2, -0.15) is 0 Å². The summed E-state index contributed by atoms with van der Waals surface area (Å²) in [5.41, 5.74) is 1.14. The van der Waals surface area contributed by atoms with Crippen molar-refractivity contribution in [3.63, 3.8) is 0 Å². The number of ether oxygens (including phenoxy) is 1. The fraction of sp³-hybridized carbons (Fsp3) is 0.278. The summed E-state index contributed by atoms with van der Waals surface area (Å²) < 4.78 is 32.4. The van der Waals surface area contributed by atoms with E-state index >= 15 is 0 Å². The molecule has 3 rings (SSSR count). The van der Waals surface area contributed by atoms with Crippen LogP contribution in [0.3, 0.4) is 0 Å². The second-order valence-corrected chi connectivity index (χ2v) is 8.76. The molecule has 1 atom stereocenters. The number of hydrogen-bond acceptors (Lipinski definition) is 5. The van der Waals surface area contributed by atoms with Crippen molar-refractivity contribution >= 4 is 27.0 Å². The molecule has 25 heavy (non-hydrogen) atoms. The van der Waals surface area contributed by atoms with E-state index in [2.05, 4.69) is 11.9 Å². The molecule has 0 bridgehead atoms. The van der Waals surface area contributed by atoms with Crippen molar-refractivity contribution in [1.29, 1.82) is 0 Å². The SMILES string of the molecule is COc1ccc(S(=O)(=O)N2CCN=C2SC(C)c2ccccc2)cc1. The van der Waals surface area contributed by atoms with E-state index in [1.54, 1.807) is 31.4 Å². The monoisotopic (exact) mass is 376 g/mol. The first-order valence-corrected chi connectivity index (χ1v) is 10.3. The molecule has 0 aromatic heterocycles. The summed E-state index contributed by atoms with van der Waals surface area (Å²) in [5, 5.41) is 0.666. The molecule has 0 saturated heterocycles. The fourth-order valence-corrected chi connectivity index (χ4v) is 5.28. The average Bonchev–Trinajstić information content (AvgIpc) is 3.11. The number of hydrogen-bond donors (Lipinski definition) is 0. The Morgan fingerprint density at radius 2 is 1.80 bits per heavy atom. The van der Waals surface area contributed by atoms with E-state index in [9.17, 15) is 8.42 Å². The van der Waals surface area contributed by atoms with E-state index in [1.807, 2.05) is 30.3 Å². The van der Waals surface area contributed by atoms with Crippen LogP contribution < -0.4 is 4.74 Å². The highest BCUT2D eigenvalue weighted by atomic mass is 32.2. The number of methoxy groups -OCH3 is 1. The van der Waals surface area contributed by atoms with Crippen molar-refractivity contribution < 1.29 is 13.2 Å². The van der Waals surface area contributed by atoms with Gasteiger partial charge in [0.1, 0.15) is 5.75 Å². The molecule has 1 aliphatic heterocycles. The summed E-state index contributed by atoms with van der Waals surface area (Å²) in [4.78, 5) is 4.66. The third kappa shape index (κ3) is 3.82. The topological polar surface area (TPSA) is 59.0 Å². The van der Waals surface area contributed by atoms with Crippen LogP contribution >= 0.6 is 11.8 Å². The predicted octanol–water partition coefficient (Wildman–Crippen LogP) is 3.55. The summed E-state index contributed by atoms with van der Waals surface area (Å²) in [7, 11) is -2.06. The van der Waals surface area contributed by atoms with E-state index in [0.717, 1.165) is 5.56 Å². The first kappa shape index (κ1) is 17.8. The van der Waals surface area contributed by atoms with Crippen molar-refractivity contribution in [1.82, 2.24) is 4.31 Å². The Morgan fingerprint density at radius 3 is 2.44 bits per heavy atom. The van der Waals surface area contributed by atoms with Gasteiger partial charge in [0.05, 0.1) is 25.1 Å². The Balaban J connectivity index is 1.80. The van der Waals surface area contributed by atoms with E-state index in [1.165, 1.54) is 16.1 Å². The predicted molar refractivity (Wildman–Crippen MR) is 102 cm³/mol. The molecule has 1 aliphatic rings. The summed E-state index contributed by atoms with van der Waals surface area (Å²) >= 11 is 1.47. The number of rotatable bonds is 5. The second-order valence-electron chi connectivity index (χ2n) is 5.59. The zero-order chi connectivity index (χ0) is 17.9. The number of nitrogens with zero attached hydrogens (tertiary/aromatic N) is 2. The third-order valence-corrected chi connectivity index (χ3v) is 7.07. The lowest BCUT2D eigenvalue weighted by atomic mass is 10.2. The minimum atomic E-state index is -3.61. The quantitative estimate of drug-likeness (QED) is 0.801. The van der Waals surface area contributed by atoms with Crippen LogP contribution in [0.5, 0.6) is 5.75 Å². The molecule has 0 N–H and O–H groups in total. The molecule has 0 amide bonds. The largest absolute Gasteiger partial charge is 0.497 e. The molecule has 0 saturated carbocycles. The first-order chi connectivity index (χ1) is 12.0. The molecular formula is C18H20N2O3S2. The van der Waals surface area contributed by atoms with E-state index in [-0.39, 0.29) is 10.1 Å². The molecule has 2 aromatic rings. The zero-order valence-corrected chi connectivity index (χ0v) is 15.8. The number of thioether (sulfide) groups is 1. The molecule has 132 valence electrons. The van der Waals surface area contributed by atoms with Crippen LogP contribution in [0.2, 0.25) is 0 Å². The maximum atomic E-state index is 13.0. The molecule has 2 aromatic carbocycles. The molecular weight excluding hydrogens is 356 g/mol. The Morgan fingerprint density at radius 1 is 1.12 bits per heavy atom. The lowest BCUT2D eigenvalue weighted by molar-refractivity contribution is 0.414. The van der Waals surface area contributed by atoms with Crippen molar-refractivity contribution in [2.24, 2.45) is 4.99 Å². The van der Waals surface area contributed by atoms with Gasteiger partial charge in [0.2, 0.25) is 0 Å². The Hall–Kier alpha value is -1.99. The maximum absolute atomic E-state index is 13.0. The molecule has 0 aliphatic carbocycles. The molecule has 0 spiro atoms. The van der Waals surface area contributed by atoms with Crippen LogP contribution in [0, 0.1) is 0 Å². The number of amidine groups is 1. The van der Waals surface area contributed by atoms with Gasteiger partial charge < -0.3 is 4.74 Å². The molecule has 0 fully saturated rings. The molecule has 5 nitrogen and oxygen atoms in total. The average molecular weight is 377 g/mol. The smallest absolute Gasteiger partial charge is 0.265 e. The standard InChI is InChI=1S/C18H20N2O3S2/c1-14(15-6-4-3-5-7-15)24-18-19-12-13-20(18)25(21,22)17-10-8-16(23-2)9-11-17/h3-11,14H,12-13H2,1-2H3. The Labute approximate surface area is 152 Å². The zero-order valence-electron chi connectivity index (χ0n) is 14.1. The van der Waals surface area contributed by atoms with Crippen LogP contribution in [0.1, 0.15) is 17.7 Å². The van der Waals surface area contributed by atoms with Crippen molar-refractivity contribution in [3.8, 4) is 5.75 Å². The van der Waals surface area contributed by atoms with Crippen molar-refractivity contribution in [2.45, 2.75) is 17.1 Å². The van der Waals surface area contributed by atoms with Gasteiger partial charge in [-0.05, 0) is 36.8 Å². The van der Waals surface area contributed by atoms with Crippen LogP contribution in [0.15, 0.2) is 64.5 Å². The molecule has 1 unspecified atom stereocenters. The summed E-state index contributed by atoms with van der Waals surface area (Å²) in [5.74, 6) is 0.626. The van der Waals surface area contributed by atoms with Crippen molar-refractivity contribution in [2.75, 3.05) is 20.2 Å². The van der Waals surface area contributed by atoms with Gasteiger partial charge in [-0.3, -0.25) is 4.99 Å². The maximum Gasteiger partial charge on any atom is 0.265 e. The number of benzene rings is 2. The van der Waals surface area contributed by atoms with Gasteiger partial charge in [0.15, 0.2) is 5.17 Å². The minimum Gasteiger partial charge on any atom is -0.497 e.